The SMILES string of the molecule is COCCn1ccc2c(OCC(=O)N[C@@H](C)c3nc4ccccc4[nH]3)cccc21. The Morgan fingerprint density at radius 3 is 2.90 bits per heavy atom. The number of H-pyrrole nitrogens is 1. The molecule has 2 aromatic carbocycles. The smallest absolute Gasteiger partial charge is 0.258 e. The number of aromatic nitrogens is 3. The lowest BCUT2D eigenvalue weighted by molar-refractivity contribution is -0.123. The largest absolute Gasteiger partial charge is 0.483 e. The van der Waals surface area contributed by atoms with Crippen LogP contribution in [0.1, 0.15) is 18.8 Å². The van der Waals surface area contributed by atoms with Gasteiger partial charge in [-0.15, -0.1) is 0 Å². The van der Waals surface area contributed by atoms with E-state index in [9.17, 15) is 4.79 Å². The molecule has 0 unspecified atom stereocenters. The maximum atomic E-state index is 12.4. The Bertz CT molecular complexity index is 1100. The van der Waals surface area contributed by atoms with Crippen molar-refractivity contribution < 1.29 is 14.3 Å². The number of hydrogen-bond acceptors (Lipinski definition) is 4. The standard InChI is InChI=1S/C22H24N4O3/c1-15(22-24-17-6-3-4-7-18(17)25-22)23-21(27)14-29-20-9-5-8-19-16(20)10-11-26(19)12-13-28-2/h3-11,15H,12-14H2,1-2H3,(H,23,27)(H,24,25)/t15-/m0/s1. The molecule has 0 aliphatic heterocycles. The van der Waals surface area contributed by atoms with Gasteiger partial charge in [0.15, 0.2) is 6.61 Å². The Morgan fingerprint density at radius 2 is 2.07 bits per heavy atom. The molecule has 0 bridgehead atoms. The van der Waals surface area contributed by atoms with Crippen LogP contribution in [0.25, 0.3) is 21.9 Å². The van der Waals surface area contributed by atoms with Crippen LogP contribution in [0.15, 0.2) is 54.7 Å². The number of aromatic amines is 1. The number of benzene rings is 2. The van der Waals surface area contributed by atoms with Gasteiger partial charge in [0.05, 0.1) is 29.2 Å². The Balaban J connectivity index is 1.39. The first-order valence-electron chi connectivity index (χ1n) is 9.59. The van der Waals surface area contributed by atoms with Gasteiger partial charge in [0.2, 0.25) is 0 Å². The summed E-state index contributed by atoms with van der Waals surface area (Å²) >= 11 is 0. The molecule has 0 saturated heterocycles. The highest BCUT2D eigenvalue weighted by molar-refractivity contribution is 5.87. The summed E-state index contributed by atoms with van der Waals surface area (Å²) in [4.78, 5) is 20.2. The van der Waals surface area contributed by atoms with E-state index in [0.29, 0.717) is 12.4 Å². The van der Waals surface area contributed by atoms with Gasteiger partial charge in [-0.25, -0.2) is 4.98 Å². The number of rotatable bonds is 8. The third-order valence-electron chi connectivity index (χ3n) is 4.86. The summed E-state index contributed by atoms with van der Waals surface area (Å²) in [5.74, 6) is 1.20. The summed E-state index contributed by atoms with van der Waals surface area (Å²) in [5, 5.41) is 3.90. The van der Waals surface area contributed by atoms with Crippen molar-refractivity contribution in [2.75, 3.05) is 20.3 Å². The van der Waals surface area contributed by atoms with Crippen molar-refractivity contribution in [3.63, 3.8) is 0 Å². The number of fused-ring (bicyclic) bond motifs is 2. The van der Waals surface area contributed by atoms with E-state index in [-0.39, 0.29) is 18.6 Å². The Kier molecular flexibility index (Phi) is 5.48. The van der Waals surface area contributed by atoms with Crippen LogP contribution in [0.3, 0.4) is 0 Å². The summed E-state index contributed by atoms with van der Waals surface area (Å²) in [7, 11) is 1.69. The van der Waals surface area contributed by atoms with Gasteiger partial charge < -0.3 is 24.3 Å². The third kappa shape index (κ3) is 4.09. The van der Waals surface area contributed by atoms with Gasteiger partial charge in [0.1, 0.15) is 11.6 Å². The molecule has 29 heavy (non-hydrogen) atoms. The number of methoxy groups -OCH3 is 1. The molecule has 2 heterocycles. The van der Waals surface area contributed by atoms with Gasteiger partial charge >= 0.3 is 0 Å². The van der Waals surface area contributed by atoms with E-state index < -0.39 is 0 Å². The van der Waals surface area contributed by atoms with Crippen LogP contribution >= 0.6 is 0 Å². The first-order valence-corrected chi connectivity index (χ1v) is 9.59. The van der Waals surface area contributed by atoms with Crippen LogP contribution in [0.2, 0.25) is 0 Å². The van der Waals surface area contributed by atoms with Gasteiger partial charge in [-0.1, -0.05) is 18.2 Å². The average Bonchev–Trinajstić information content (AvgIpc) is 3.35. The molecule has 150 valence electrons. The summed E-state index contributed by atoms with van der Waals surface area (Å²) < 4.78 is 13.1. The summed E-state index contributed by atoms with van der Waals surface area (Å²) in [5.41, 5.74) is 2.88. The number of imidazole rings is 1. The molecule has 4 aromatic rings. The fraction of sp³-hybridized carbons (Fsp3) is 0.273. The fourth-order valence-electron chi connectivity index (χ4n) is 3.38. The average molecular weight is 392 g/mol. The van der Waals surface area contributed by atoms with Gasteiger partial charge in [-0.05, 0) is 37.3 Å². The second-order valence-corrected chi connectivity index (χ2v) is 6.91. The first kappa shape index (κ1) is 19.0. The van der Waals surface area contributed by atoms with Crippen LogP contribution in [-0.2, 0) is 16.1 Å². The number of amides is 1. The zero-order valence-electron chi connectivity index (χ0n) is 16.5. The quantitative estimate of drug-likeness (QED) is 0.481. The second kappa shape index (κ2) is 8.36. The number of nitrogens with zero attached hydrogens (tertiary/aromatic N) is 2. The molecule has 0 saturated carbocycles. The highest BCUT2D eigenvalue weighted by Crippen LogP contribution is 2.26. The maximum Gasteiger partial charge on any atom is 0.258 e. The van der Waals surface area contributed by atoms with Crippen LogP contribution in [-0.4, -0.2) is 40.8 Å². The molecule has 1 atom stereocenters. The van der Waals surface area contributed by atoms with Gasteiger partial charge in [0, 0.05) is 25.2 Å². The molecule has 7 nitrogen and oxygen atoms in total. The maximum absolute atomic E-state index is 12.4. The molecule has 0 aliphatic carbocycles. The van der Waals surface area contributed by atoms with Crippen molar-refractivity contribution in [2.24, 2.45) is 0 Å². The zero-order valence-corrected chi connectivity index (χ0v) is 16.5. The molecule has 1 amide bonds. The summed E-state index contributed by atoms with van der Waals surface area (Å²) in [6.45, 7) is 3.23. The molecule has 7 heteroatoms. The third-order valence-corrected chi connectivity index (χ3v) is 4.86. The predicted molar refractivity (Wildman–Crippen MR) is 112 cm³/mol. The minimum absolute atomic E-state index is 0.0626. The molecule has 0 fully saturated rings. The number of hydrogen-bond donors (Lipinski definition) is 2. The fourth-order valence-corrected chi connectivity index (χ4v) is 3.38. The minimum atomic E-state index is -0.246. The van der Waals surface area contributed by atoms with E-state index in [4.69, 9.17) is 9.47 Å². The van der Waals surface area contributed by atoms with Crippen molar-refractivity contribution >= 4 is 27.8 Å². The number of carbonyl (C=O) groups is 1. The van der Waals surface area contributed by atoms with Gasteiger partial charge in [-0.2, -0.15) is 0 Å². The first-order chi connectivity index (χ1) is 14.2. The summed E-state index contributed by atoms with van der Waals surface area (Å²) in [6.07, 6.45) is 2.00. The predicted octanol–water partition coefficient (Wildman–Crippen LogP) is 3.42. The number of carbonyl (C=O) groups excluding carboxylic acids is 1. The van der Waals surface area contributed by atoms with Crippen LogP contribution in [0.5, 0.6) is 5.75 Å². The van der Waals surface area contributed by atoms with Crippen molar-refractivity contribution in [3.05, 3.63) is 60.6 Å². The van der Waals surface area contributed by atoms with E-state index in [0.717, 1.165) is 34.3 Å². The molecule has 0 aliphatic rings. The molecule has 0 spiro atoms. The monoisotopic (exact) mass is 392 g/mol. The molecule has 4 rings (SSSR count). The van der Waals surface area contributed by atoms with E-state index >= 15 is 0 Å². The second-order valence-electron chi connectivity index (χ2n) is 6.91. The zero-order chi connectivity index (χ0) is 20.2. The Labute approximate surface area is 168 Å². The van der Waals surface area contributed by atoms with Crippen LogP contribution in [0.4, 0.5) is 0 Å². The Hall–Kier alpha value is -3.32. The lowest BCUT2D eigenvalue weighted by Gasteiger charge is -2.13. The number of para-hydroxylation sites is 2. The summed E-state index contributed by atoms with van der Waals surface area (Å²) in [6, 6.07) is 15.4. The highest BCUT2D eigenvalue weighted by Gasteiger charge is 2.15. The minimum Gasteiger partial charge on any atom is -0.483 e. The van der Waals surface area contributed by atoms with Crippen molar-refractivity contribution in [3.8, 4) is 5.75 Å². The Morgan fingerprint density at radius 1 is 1.21 bits per heavy atom. The van der Waals surface area contributed by atoms with Crippen LogP contribution < -0.4 is 10.1 Å². The van der Waals surface area contributed by atoms with E-state index in [1.165, 1.54) is 0 Å². The van der Waals surface area contributed by atoms with Crippen LogP contribution in [0, 0.1) is 0 Å². The van der Waals surface area contributed by atoms with Crippen molar-refractivity contribution in [2.45, 2.75) is 19.5 Å². The number of nitrogens with one attached hydrogen (secondary N) is 2. The molecule has 2 N–H and O–H groups in total. The van der Waals surface area contributed by atoms with E-state index in [2.05, 4.69) is 19.9 Å². The van der Waals surface area contributed by atoms with Crippen molar-refractivity contribution in [1.29, 1.82) is 0 Å². The van der Waals surface area contributed by atoms with Gasteiger partial charge in [0.25, 0.3) is 5.91 Å². The molecule has 2 aromatic heterocycles. The van der Waals surface area contributed by atoms with E-state index in [1.54, 1.807) is 7.11 Å². The highest BCUT2D eigenvalue weighted by atomic mass is 16.5. The van der Waals surface area contributed by atoms with E-state index in [1.807, 2.05) is 61.7 Å². The lowest BCUT2D eigenvalue weighted by atomic mass is 10.2. The molecular formula is C22H24N4O3. The molecule has 0 radical (unpaired) electrons. The number of ether oxygens (including phenoxy) is 2. The lowest BCUT2D eigenvalue weighted by Crippen LogP contribution is -2.31. The van der Waals surface area contributed by atoms with Crippen molar-refractivity contribution in [1.82, 2.24) is 19.9 Å². The molecular weight excluding hydrogens is 368 g/mol. The normalized spacial score (nSPS) is 12.3. The van der Waals surface area contributed by atoms with Gasteiger partial charge in [-0.3, -0.25) is 4.79 Å². The topological polar surface area (TPSA) is 81.2 Å².